The summed E-state index contributed by atoms with van der Waals surface area (Å²) in [6.45, 7) is 5.80. The average molecular weight is 420 g/mol. The van der Waals surface area contributed by atoms with Crippen LogP contribution in [0.4, 0.5) is 11.4 Å². The predicted octanol–water partition coefficient (Wildman–Crippen LogP) is 5.73. The van der Waals surface area contributed by atoms with Crippen molar-refractivity contribution in [2.75, 3.05) is 10.6 Å². The number of rotatable bonds is 6. The molecule has 6 heteroatoms. The first-order valence-corrected chi connectivity index (χ1v) is 11.0. The monoisotopic (exact) mass is 419 g/mol. The maximum atomic E-state index is 12.0. The summed E-state index contributed by atoms with van der Waals surface area (Å²) in [7, 11) is 0. The van der Waals surface area contributed by atoms with E-state index in [1.54, 1.807) is 11.3 Å². The van der Waals surface area contributed by atoms with Crippen LogP contribution in [0.15, 0.2) is 48.5 Å². The predicted molar refractivity (Wildman–Crippen MR) is 123 cm³/mol. The number of thiazole rings is 1. The van der Waals surface area contributed by atoms with Crippen LogP contribution in [0.25, 0.3) is 21.8 Å². The highest BCUT2D eigenvalue weighted by atomic mass is 32.1. The van der Waals surface area contributed by atoms with Crippen LogP contribution in [-0.2, 0) is 9.59 Å². The van der Waals surface area contributed by atoms with Crippen LogP contribution in [0.5, 0.6) is 0 Å². The molecule has 0 bridgehead atoms. The van der Waals surface area contributed by atoms with Gasteiger partial charge >= 0.3 is 0 Å². The van der Waals surface area contributed by atoms with Gasteiger partial charge in [0.2, 0.25) is 11.8 Å². The first-order valence-electron chi connectivity index (χ1n) is 10.2. The Hall–Kier alpha value is -2.99. The van der Waals surface area contributed by atoms with E-state index in [2.05, 4.69) is 17.6 Å². The van der Waals surface area contributed by atoms with Crippen LogP contribution in [0.2, 0.25) is 0 Å². The molecule has 2 N–H and O–H groups in total. The van der Waals surface area contributed by atoms with Crippen LogP contribution >= 0.6 is 11.3 Å². The van der Waals surface area contributed by atoms with E-state index in [0.29, 0.717) is 0 Å². The molecule has 1 aliphatic rings. The molecule has 1 fully saturated rings. The summed E-state index contributed by atoms with van der Waals surface area (Å²) in [5, 5.41) is 6.83. The molecule has 2 amide bonds. The molecule has 4 rings (SSSR count). The van der Waals surface area contributed by atoms with E-state index in [9.17, 15) is 9.59 Å². The quantitative estimate of drug-likeness (QED) is 0.536. The van der Waals surface area contributed by atoms with Crippen molar-refractivity contribution in [1.29, 1.82) is 0 Å². The molecule has 2 aromatic carbocycles. The zero-order chi connectivity index (χ0) is 21.3. The van der Waals surface area contributed by atoms with Gasteiger partial charge in [0.05, 0.1) is 5.69 Å². The van der Waals surface area contributed by atoms with E-state index >= 15 is 0 Å². The number of hydrogen-bond acceptors (Lipinski definition) is 4. The third-order valence-electron chi connectivity index (χ3n) is 5.07. The van der Waals surface area contributed by atoms with E-state index in [1.165, 1.54) is 0 Å². The molecule has 5 nitrogen and oxygen atoms in total. The molecule has 0 unspecified atom stereocenters. The lowest BCUT2D eigenvalue weighted by molar-refractivity contribution is -0.119. The Kier molecular flexibility index (Phi) is 5.68. The fourth-order valence-electron chi connectivity index (χ4n) is 3.11. The van der Waals surface area contributed by atoms with Crippen molar-refractivity contribution in [3.63, 3.8) is 0 Å². The standard InChI is InChI=1S/C24H25N3O2S/c1-14(2)22(28)25-19-11-9-16(10-12-19)21-15(3)30-24(27-21)18-5-4-6-20(13-18)26-23(29)17-7-8-17/h4-6,9-14,17H,7-8H2,1-3H3,(H,25,28)(H,26,29). The number of carbonyl (C=O) groups excluding carboxylic acids is 2. The number of anilines is 2. The lowest BCUT2D eigenvalue weighted by Crippen LogP contribution is -2.17. The molecule has 1 saturated carbocycles. The Morgan fingerprint density at radius 3 is 2.40 bits per heavy atom. The largest absolute Gasteiger partial charge is 0.326 e. The highest BCUT2D eigenvalue weighted by Crippen LogP contribution is 2.35. The van der Waals surface area contributed by atoms with Gasteiger partial charge in [0, 0.05) is 39.2 Å². The van der Waals surface area contributed by atoms with Crippen molar-refractivity contribution in [2.24, 2.45) is 11.8 Å². The molecule has 1 aromatic heterocycles. The molecule has 0 aliphatic heterocycles. The molecule has 0 spiro atoms. The second kappa shape index (κ2) is 8.40. The van der Waals surface area contributed by atoms with Crippen molar-refractivity contribution in [3.05, 3.63) is 53.4 Å². The number of aryl methyl sites for hydroxylation is 1. The summed E-state index contributed by atoms with van der Waals surface area (Å²) < 4.78 is 0. The second-order valence-electron chi connectivity index (χ2n) is 7.99. The second-order valence-corrected chi connectivity index (χ2v) is 9.19. The summed E-state index contributed by atoms with van der Waals surface area (Å²) >= 11 is 1.63. The van der Waals surface area contributed by atoms with Crippen molar-refractivity contribution < 1.29 is 9.59 Å². The van der Waals surface area contributed by atoms with Crippen molar-refractivity contribution in [2.45, 2.75) is 33.6 Å². The van der Waals surface area contributed by atoms with Gasteiger partial charge in [0.15, 0.2) is 0 Å². The van der Waals surface area contributed by atoms with Crippen molar-refractivity contribution >= 4 is 34.5 Å². The number of amides is 2. The summed E-state index contributed by atoms with van der Waals surface area (Å²) in [6, 6.07) is 15.6. The lowest BCUT2D eigenvalue weighted by atomic mass is 10.1. The number of aromatic nitrogens is 1. The number of benzene rings is 2. The Labute approximate surface area is 180 Å². The Morgan fingerprint density at radius 1 is 1.00 bits per heavy atom. The lowest BCUT2D eigenvalue weighted by Gasteiger charge is -2.08. The fourth-order valence-corrected chi connectivity index (χ4v) is 4.04. The van der Waals surface area contributed by atoms with Gasteiger partial charge in [-0.1, -0.05) is 38.1 Å². The van der Waals surface area contributed by atoms with Crippen LogP contribution in [0.1, 0.15) is 31.6 Å². The van der Waals surface area contributed by atoms with Gasteiger partial charge in [-0.25, -0.2) is 4.98 Å². The van der Waals surface area contributed by atoms with Gasteiger partial charge in [0.25, 0.3) is 0 Å². The summed E-state index contributed by atoms with van der Waals surface area (Å²) in [4.78, 5) is 29.9. The normalized spacial score (nSPS) is 13.3. The van der Waals surface area contributed by atoms with E-state index < -0.39 is 0 Å². The number of nitrogens with one attached hydrogen (secondary N) is 2. The minimum absolute atomic E-state index is 0.00327. The molecule has 0 radical (unpaired) electrons. The van der Waals surface area contributed by atoms with Gasteiger partial charge < -0.3 is 10.6 Å². The third-order valence-corrected chi connectivity index (χ3v) is 6.09. The van der Waals surface area contributed by atoms with E-state index in [4.69, 9.17) is 4.98 Å². The SMILES string of the molecule is Cc1sc(-c2cccc(NC(=O)C3CC3)c2)nc1-c1ccc(NC(=O)C(C)C)cc1. The Bertz CT molecular complexity index is 1080. The summed E-state index contributed by atoms with van der Waals surface area (Å²) in [5.41, 5.74) is 4.53. The molecule has 30 heavy (non-hydrogen) atoms. The Balaban J connectivity index is 1.53. The highest BCUT2D eigenvalue weighted by molar-refractivity contribution is 7.15. The van der Waals surface area contributed by atoms with Crippen LogP contribution in [0.3, 0.4) is 0 Å². The minimum Gasteiger partial charge on any atom is -0.326 e. The zero-order valence-corrected chi connectivity index (χ0v) is 18.2. The van der Waals surface area contributed by atoms with Crippen molar-refractivity contribution in [3.8, 4) is 21.8 Å². The fraction of sp³-hybridized carbons (Fsp3) is 0.292. The smallest absolute Gasteiger partial charge is 0.227 e. The molecule has 3 aromatic rings. The van der Waals surface area contributed by atoms with E-state index in [1.807, 2.05) is 62.4 Å². The average Bonchev–Trinajstić information content (AvgIpc) is 3.51. The first-order chi connectivity index (χ1) is 14.4. The molecule has 1 heterocycles. The molecular weight excluding hydrogens is 394 g/mol. The topological polar surface area (TPSA) is 71.1 Å². The Morgan fingerprint density at radius 2 is 1.73 bits per heavy atom. The van der Waals surface area contributed by atoms with Gasteiger partial charge in [0.1, 0.15) is 5.01 Å². The third kappa shape index (κ3) is 4.60. The maximum absolute atomic E-state index is 12.0. The molecular formula is C24H25N3O2S. The number of carbonyl (C=O) groups is 2. The maximum Gasteiger partial charge on any atom is 0.227 e. The van der Waals surface area contributed by atoms with Gasteiger partial charge in [-0.2, -0.15) is 0 Å². The zero-order valence-electron chi connectivity index (χ0n) is 17.4. The van der Waals surface area contributed by atoms with Gasteiger partial charge in [-0.3, -0.25) is 9.59 Å². The van der Waals surface area contributed by atoms with Gasteiger partial charge in [-0.15, -0.1) is 11.3 Å². The molecule has 154 valence electrons. The molecule has 0 saturated heterocycles. The molecule has 1 aliphatic carbocycles. The minimum atomic E-state index is -0.0576. The molecule has 0 atom stereocenters. The number of nitrogens with zero attached hydrogens (tertiary/aromatic N) is 1. The number of hydrogen-bond donors (Lipinski definition) is 2. The summed E-state index contributed by atoms with van der Waals surface area (Å²) in [6.07, 6.45) is 1.97. The van der Waals surface area contributed by atoms with Crippen LogP contribution in [0, 0.1) is 18.8 Å². The first kappa shape index (κ1) is 20.3. The highest BCUT2D eigenvalue weighted by Gasteiger charge is 2.29. The van der Waals surface area contributed by atoms with E-state index in [-0.39, 0.29) is 23.7 Å². The summed E-state index contributed by atoms with van der Waals surface area (Å²) in [5.74, 6) is 0.227. The van der Waals surface area contributed by atoms with Crippen LogP contribution < -0.4 is 10.6 Å². The van der Waals surface area contributed by atoms with Gasteiger partial charge in [-0.05, 0) is 44.0 Å². The van der Waals surface area contributed by atoms with Crippen molar-refractivity contribution in [1.82, 2.24) is 4.98 Å². The van der Waals surface area contributed by atoms with Crippen LogP contribution in [-0.4, -0.2) is 16.8 Å². The van der Waals surface area contributed by atoms with E-state index in [0.717, 1.165) is 50.9 Å².